The minimum absolute atomic E-state index is 0.0459. The van der Waals surface area contributed by atoms with Crippen LogP contribution in [-0.2, 0) is 10.2 Å². The first-order chi connectivity index (χ1) is 13.2. The van der Waals surface area contributed by atoms with E-state index in [0.29, 0.717) is 11.5 Å². The van der Waals surface area contributed by atoms with E-state index in [2.05, 4.69) is 75.1 Å². The monoisotopic (exact) mass is 381 g/mol. The van der Waals surface area contributed by atoms with Crippen molar-refractivity contribution in [3.05, 3.63) is 71.3 Å². The number of hydrazine groups is 1. The fourth-order valence-corrected chi connectivity index (χ4v) is 2.96. The highest BCUT2D eigenvalue weighted by Gasteiger charge is 2.19. The van der Waals surface area contributed by atoms with Crippen molar-refractivity contribution in [3.8, 4) is 0 Å². The highest BCUT2D eigenvalue weighted by Crippen LogP contribution is 2.26. The van der Waals surface area contributed by atoms with Crippen LogP contribution in [0.4, 0.5) is 0 Å². The van der Waals surface area contributed by atoms with Crippen molar-refractivity contribution in [2.24, 2.45) is 5.92 Å². The summed E-state index contributed by atoms with van der Waals surface area (Å²) < 4.78 is 0. The Labute approximate surface area is 167 Å². The van der Waals surface area contributed by atoms with Crippen LogP contribution in [0.15, 0.2) is 54.6 Å². The van der Waals surface area contributed by atoms with Crippen LogP contribution >= 0.6 is 0 Å². The number of benzene rings is 2. The normalized spacial score (nSPS) is 12.5. The number of carbonyl (C=O) groups is 2. The number of amides is 2. The number of rotatable bonds is 6. The van der Waals surface area contributed by atoms with Gasteiger partial charge in [-0.2, -0.15) is 0 Å². The van der Waals surface area contributed by atoms with Gasteiger partial charge in [0.05, 0.1) is 6.54 Å². The van der Waals surface area contributed by atoms with Crippen molar-refractivity contribution in [2.75, 3.05) is 6.54 Å². The van der Waals surface area contributed by atoms with Crippen molar-refractivity contribution in [2.45, 2.75) is 46.1 Å². The molecular formula is C23H31N3O2. The van der Waals surface area contributed by atoms with Crippen LogP contribution in [0.25, 0.3) is 0 Å². The fourth-order valence-electron chi connectivity index (χ4n) is 2.96. The molecule has 1 atom stereocenters. The third-order valence-corrected chi connectivity index (χ3v) is 4.64. The van der Waals surface area contributed by atoms with E-state index in [-0.39, 0.29) is 29.8 Å². The lowest BCUT2D eigenvalue weighted by atomic mass is 9.85. The van der Waals surface area contributed by atoms with Crippen LogP contribution in [0.5, 0.6) is 0 Å². The van der Waals surface area contributed by atoms with E-state index in [0.717, 1.165) is 5.56 Å². The predicted molar refractivity (Wildman–Crippen MR) is 113 cm³/mol. The van der Waals surface area contributed by atoms with Gasteiger partial charge in [0.1, 0.15) is 0 Å². The average Bonchev–Trinajstić information content (AvgIpc) is 2.66. The lowest BCUT2D eigenvalue weighted by molar-refractivity contribution is -0.121. The first kappa shape index (κ1) is 21.6. The van der Waals surface area contributed by atoms with E-state index >= 15 is 0 Å². The van der Waals surface area contributed by atoms with Gasteiger partial charge in [-0.25, -0.2) is 0 Å². The highest BCUT2D eigenvalue weighted by atomic mass is 16.2. The first-order valence-electron chi connectivity index (χ1n) is 9.66. The van der Waals surface area contributed by atoms with Gasteiger partial charge in [0, 0.05) is 11.6 Å². The number of hydrogen-bond donors (Lipinski definition) is 3. The number of carbonyl (C=O) groups excluding carboxylic acids is 2. The molecule has 0 unspecified atom stereocenters. The Morgan fingerprint density at radius 1 is 0.893 bits per heavy atom. The zero-order chi connectivity index (χ0) is 20.7. The highest BCUT2D eigenvalue weighted by molar-refractivity contribution is 5.95. The third-order valence-electron chi connectivity index (χ3n) is 4.64. The smallest absolute Gasteiger partial charge is 0.269 e. The molecule has 2 rings (SSSR count). The van der Waals surface area contributed by atoms with Crippen LogP contribution in [-0.4, -0.2) is 18.4 Å². The van der Waals surface area contributed by atoms with Crippen molar-refractivity contribution >= 4 is 11.8 Å². The molecule has 0 aliphatic rings. The molecule has 0 saturated carbocycles. The standard InChI is InChI=1S/C23H31N3O2/c1-16(2)21(17-11-13-19(14-12-17)23(3,4)5)24-15-20(27)25-26-22(28)18-9-7-6-8-10-18/h6-14,16,21,24H,15H2,1-5H3,(H,25,27)(H,26,28)/t21-/m0/s1. The summed E-state index contributed by atoms with van der Waals surface area (Å²) in [7, 11) is 0. The Hall–Kier alpha value is -2.66. The summed E-state index contributed by atoms with van der Waals surface area (Å²) in [4.78, 5) is 24.1. The van der Waals surface area contributed by atoms with Gasteiger partial charge >= 0.3 is 0 Å². The second kappa shape index (κ2) is 9.51. The molecule has 0 saturated heterocycles. The molecule has 0 aliphatic carbocycles. The summed E-state index contributed by atoms with van der Waals surface area (Å²) in [5.74, 6) is -0.319. The van der Waals surface area contributed by atoms with Gasteiger partial charge in [-0.15, -0.1) is 0 Å². The van der Waals surface area contributed by atoms with Crippen LogP contribution < -0.4 is 16.2 Å². The van der Waals surface area contributed by atoms with Crippen molar-refractivity contribution < 1.29 is 9.59 Å². The van der Waals surface area contributed by atoms with E-state index in [4.69, 9.17) is 0 Å². The van der Waals surface area contributed by atoms with Crippen LogP contribution in [0.2, 0.25) is 0 Å². The molecule has 28 heavy (non-hydrogen) atoms. The summed E-state index contributed by atoms with van der Waals surface area (Å²) in [6, 6.07) is 17.3. The van der Waals surface area contributed by atoms with Gasteiger partial charge in [0.15, 0.2) is 0 Å². The van der Waals surface area contributed by atoms with E-state index in [1.54, 1.807) is 24.3 Å². The lowest BCUT2D eigenvalue weighted by Crippen LogP contribution is -2.46. The van der Waals surface area contributed by atoms with Gasteiger partial charge in [0.25, 0.3) is 11.8 Å². The molecule has 2 amide bonds. The maximum atomic E-state index is 12.1. The topological polar surface area (TPSA) is 70.2 Å². The zero-order valence-corrected chi connectivity index (χ0v) is 17.4. The second-order valence-corrected chi connectivity index (χ2v) is 8.34. The molecule has 2 aromatic carbocycles. The van der Waals surface area contributed by atoms with E-state index in [1.165, 1.54) is 5.56 Å². The molecule has 0 heterocycles. The maximum Gasteiger partial charge on any atom is 0.269 e. The van der Waals surface area contributed by atoms with Gasteiger partial charge in [0.2, 0.25) is 0 Å². The zero-order valence-electron chi connectivity index (χ0n) is 17.4. The Kier molecular flexibility index (Phi) is 7.35. The first-order valence-corrected chi connectivity index (χ1v) is 9.66. The Bertz CT molecular complexity index is 778. The summed E-state index contributed by atoms with van der Waals surface area (Å²) in [6.45, 7) is 10.9. The largest absolute Gasteiger partial charge is 0.301 e. The molecule has 0 aromatic heterocycles. The SMILES string of the molecule is CC(C)[C@H](NCC(=O)NNC(=O)c1ccccc1)c1ccc(C(C)(C)C)cc1. The molecule has 3 N–H and O–H groups in total. The lowest BCUT2D eigenvalue weighted by Gasteiger charge is -2.25. The van der Waals surface area contributed by atoms with Gasteiger partial charge in [-0.1, -0.05) is 77.1 Å². The summed E-state index contributed by atoms with van der Waals surface area (Å²) in [6.07, 6.45) is 0. The van der Waals surface area contributed by atoms with Crippen molar-refractivity contribution in [1.82, 2.24) is 16.2 Å². The van der Waals surface area contributed by atoms with E-state index in [1.807, 2.05) is 6.07 Å². The molecular weight excluding hydrogens is 350 g/mol. The van der Waals surface area contributed by atoms with Gasteiger partial charge in [-0.3, -0.25) is 20.4 Å². The Morgan fingerprint density at radius 3 is 2.04 bits per heavy atom. The second-order valence-electron chi connectivity index (χ2n) is 8.34. The Morgan fingerprint density at radius 2 is 1.50 bits per heavy atom. The van der Waals surface area contributed by atoms with Crippen molar-refractivity contribution in [3.63, 3.8) is 0 Å². The van der Waals surface area contributed by atoms with Crippen LogP contribution in [0.3, 0.4) is 0 Å². The fraction of sp³-hybridized carbons (Fsp3) is 0.391. The molecule has 0 aliphatic heterocycles. The Balaban J connectivity index is 1.90. The molecule has 0 fully saturated rings. The summed E-state index contributed by atoms with van der Waals surface area (Å²) in [5, 5.41) is 3.29. The average molecular weight is 382 g/mol. The maximum absolute atomic E-state index is 12.1. The molecule has 0 spiro atoms. The van der Waals surface area contributed by atoms with Crippen molar-refractivity contribution in [1.29, 1.82) is 0 Å². The molecule has 5 nitrogen and oxygen atoms in total. The summed E-state index contributed by atoms with van der Waals surface area (Å²) >= 11 is 0. The summed E-state index contributed by atoms with van der Waals surface area (Å²) in [5.41, 5.74) is 7.91. The predicted octanol–water partition coefficient (Wildman–Crippen LogP) is 3.73. The molecule has 0 bridgehead atoms. The van der Waals surface area contributed by atoms with Crippen LogP contribution in [0.1, 0.15) is 62.1 Å². The van der Waals surface area contributed by atoms with E-state index in [9.17, 15) is 9.59 Å². The molecule has 2 aromatic rings. The molecule has 0 radical (unpaired) electrons. The molecule has 5 heteroatoms. The van der Waals surface area contributed by atoms with Crippen LogP contribution in [0, 0.1) is 5.92 Å². The van der Waals surface area contributed by atoms with Gasteiger partial charge < -0.3 is 5.32 Å². The molecule has 150 valence electrons. The number of hydrogen-bond acceptors (Lipinski definition) is 3. The van der Waals surface area contributed by atoms with E-state index < -0.39 is 0 Å². The quantitative estimate of drug-likeness (QED) is 0.668. The van der Waals surface area contributed by atoms with Gasteiger partial charge in [-0.05, 0) is 34.6 Å². The third kappa shape index (κ3) is 6.20. The minimum atomic E-state index is -0.341. The number of nitrogens with one attached hydrogen (secondary N) is 3. The minimum Gasteiger partial charge on any atom is -0.301 e.